The molecule has 0 aliphatic carbocycles. The van der Waals surface area contributed by atoms with Crippen LogP contribution in [0, 0.1) is 0 Å². The molecule has 20 heavy (non-hydrogen) atoms. The summed E-state index contributed by atoms with van der Waals surface area (Å²) < 4.78 is 6.57. The van der Waals surface area contributed by atoms with Gasteiger partial charge in [0.2, 0.25) is 11.8 Å². The molecule has 0 aliphatic heterocycles. The molecular weight excluding hydrogens is 322 g/mol. The first-order chi connectivity index (χ1) is 9.74. The van der Waals surface area contributed by atoms with Crippen LogP contribution in [-0.4, -0.2) is 39.9 Å². The largest absolute Gasteiger partial charge is 0.419 e. The highest BCUT2D eigenvalue weighted by atomic mass is 79.9. The number of nitrogens with zero attached hydrogens (tertiary/aromatic N) is 3. The lowest BCUT2D eigenvalue weighted by Crippen LogP contribution is -2.26. The third-order valence-electron chi connectivity index (χ3n) is 2.73. The van der Waals surface area contributed by atoms with Crippen LogP contribution in [0.3, 0.4) is 0 Å². The second-order valence-corrected chi connectivity index (χ2v) is 5.08. The average molecular weight is 338 g/mol. The van der Waals surface area contributed by atoms with E-state index >= 15 is 0 Å². The molecule has 1 N–H and O–H groups in total. The van der Waals surface area contributed by atoms with Gasteiger partial charge in [0.1, 0.15) is 0 Å². The van der Waals surface area contributed by atoms with Crippen molar-refractivity contribution in [1.82, 2.24) is 15.1 Å². The molecule has 0 saturated carbocycles. The van der Waals surface area contributed by atoms with E-state index in [4.69, 9.17) is 9.52 Å². The minimum atomic E-state index is 0.0824. The van der Waals surface area contributed by atoms with Crippen LogP contribution < -0.4 is 0 Å². The Labute approximate surface area is 126 Å². The Morgan fingerprint density at radius 2 is 2.15 bits per heavy atom. The Bertz CT molecular complexity index is 571. The number of hydrogen-bond acceptors (Lipinski definition) is 5. The number of aliphatic hydroxyl groups excluding tert-OH is 1. The molecule has 0 spiro atoms. The van der Waals surface area contributed by atoms with E-state index in [1.54, 1.807) is 6.08 Å². The zero-order valence-electron chi connectivity index (χ0n) is 11.0. The van der Waals surface area contributed by atoms with E-state index in [1.165, 1.54) is 0 Å². The lowest BCUT2D eigenvalue weighted by Gasteiger charge is -2.16. The highest BCUT2D eigenvalue weighted by Crippen LogP contribution is 2.26. The van der Waals surface area contributed by atoms with Gasteiger partial charge in [-0.3, -0.25) is 4.90 Å². The van der Waals surface area contributed by atoms with Gasteiger partial charge < -0.3 is 9.52 Å². The summed E-state index contributed by atoms with van der Waals surface area (Å²) in [6, 6.07) is 7.68. The van der Waals surface area contributed by atoms with E-state index < -0.39 is 0 Å². The van der Waals surface area contributed by atoms with Gasteiger partial charge in [-0.1, -0.05) is 18.2 Å². The lowest BCUT2D eigenvalue weighted by atomic mass is 10.2. The van der Waals surface area contributed by atoms with E-state index in [1.807, 2.05) is 29.2 Å². The van der Waals surface area contributed by atoms with E-state index in [9.17, 15) is 0 Å². The molecule has 0 fully saturated rings. The van der Waals surface area contributed by atoms with Gasteiger partial charge in [0, 0.05) is 17.6 Å². The molecule has 0 atom stereocenters. The topological polar surface area (TPSA) is 62.4 Å². The minimum Gasteiger partial charge on any atom is -0.419 e. The molecule has 106 valence electrons. The molecule has 0 bridgehead atoms. The molecule has 0 amide bonds. The van der Waals surface area contributed by atoms with Crippen molar-refractivity contribution in [3.63, 3.8) is 0 Å². The van der Waals surface area contributed by atoms with Gasteiger partial charge in [-0.2, -0.15) is 0 Å². The predicted molar refractivity (Wildman–Crippen MR) is 80.0 cm³/mol. The third kappa shape index (κ3) is 3.75. The standard InChI is InChI=1S/C14H16BrN3O2/c1-2-7-18(8-9-19)10-13-16-17-14(20-13)11-5-3-4-6-12(11)15/h2-6,19H,1,7-10H2. The van der Waals surface area contributed by atoms with Crippen molar-refractivity contribution in [2.24, 2.45) is 0 Å². The summed E-state index contributed by atoms with van der Waals surface area (Å²) in [5, 5.41) is 17.1. The molecule has 0 radical (unpaired) electrons. The molecule has 1 heterocycles. The molecule has 1 aromatic carbocycles. The lowest BCUT2D eigenvalue weighted by molar-refractivity contribution is 0.192. The number of aromatic nitrogens is 2. The van der Waals surface area contributed by atoms with Crippen LogP contribution in [0.15, 0.2) is 45.8 Å². The van der Waals surface area contributed by atoms with Gasteiger partial charge in [0.05, 0.1) is 18.7 Å². The first-order valence-corrected chi connectivity index (χ1v) is 7.05. The molecule has 0 aliphatic rings. The molecule has 5 nitrogen and oxygen atoms in total. The van der Waals surface area contributed by atoms with Crippen molar-refractivity contribution in [3.8, 4) is 11.5 Å². The highest BCUT2D eigenvalue weighted by Gasteiger charge is 2.13. The molecule has 0 saturated heterocycles. The summed E-state index contributed by atoms with van der Waals surface area (Å²) in [6.45, 7) is 5.47. The van der Waals surface area contributed by atoms with Gasteiger partial charge in [0.25, 0.3) is 0 Å². The van der Waals surface area contributed by atoms with Crippen LogP contribution in [0.25, 0.3) is 11.5 Å². The summed E-state index contributed by atoms with van der Waals surface area (Å²) in [6.07, 6.45) is 1.78. The normalized spacial score (nSPS) is 10.9. The fourth-order valence-corrected chi connectivity index (χ4v) is 2.27. The summed E-state index contributed by atoms with van der Waals surface area (Å²) in [5.41, 5.74) is 0.865. The first-order valence-electron chi connectivity index (χ1n) is 6.26. The van der Waals surface area contributed by atoms with Crippen molar-refractivity contribution >= 4 is 15.9 Å². The summed E-state index contributed by atoms with van der Waals surface area (Å²) in [4.78, 5) is 1.98. The van der Waals surface area contributed by atoms with Crippen molar-refractivity contribution < 1.29 is 9.52 Å². The smallest absolute Gasteiger partial charge is 0.248 e. The average Bonchev–Trinajstić information content (AvgIpc) is 2.88. The van der Waals surface area contributed by atoms with Gasteiger partial charge in [-0.15, -0.1) is 16.8 Å². The maximum Gasteiger partial charge on any atom is 0.248 e. The number of halogens is 1. The van der Waals surface area contributed by atoms with E-state index in [2.05, 4.69) is 32.7 Å². The SMILES string of the molecule is C=CCN(CCO)Cc1nnc(-c2ccccc2Br)o1. The molecule has 1 aromatic heterocycles. The summed E-state index contributed by atoms with van der Waals surface area (Å²) >= 11 is 3.46. The summed E-state index contributed by atoms with van der Waals surface area (Å²) in [7, 11) is 0. The van der Waals surface area contributed by atoms with Crippen LogP contribution in [0.4, 0.5) is 0 Å². The molecular formula is C14H16BrN3O2. The Morgan fingerprint density at radius 1 is 1.35 bits per heavy atom. The van der Waals surface area contributed by atoms with Crippen LogP contribution in [0.1, 0.15) is 5.89 Å². The van der Waals surface area contributed by atoms with Crippen molar-refractivity contribution in [2.75, 3.05) is 19.7 Å². The van der Waals surface area contributed by atoms with E-state index in [-0.39, 0.29) is 6.61 Å². The zero-order valence-corrected chi connectivity index (χ0v) is 12.6. The fraction of sp³-hybridized carbons (Fsp3) is 0.286. The molecule has 2 rings (SSSR count). The van der Waals surface area contributed by atoms with Crippen molar-refractivity contribution in [3.05, 3.63) is 47.3 Å². The van der Waals surface area contributed by atoms with E-state index in [0.29, 0.717) is 31.4 Å². The Balaban J connectivity index is 2.12. The van der Waals surface area contributed by atoms with Gasteiger partial charge >= 0.3 is 0 Å². The predicted octanol–water partition coefficient (Wildman–Crippen LogP) is 2.48. The third-order valence-corrected chi connectivity index (χ3v) is 3.43. The minimum absolute atomic E-state index is 0.0824. The maximum atomic E-state index is 9.01. The van der Waals surface area contributed by atoms with Crippen LogP contribution in [0.5, 0.6) is 0 Å². The van der Waals surface area contributed by atoms with Crippen molar-refractivity contribution in [2.45, 2.75) is 6.54 Å². The Kier molecular flexibility index (Phi) is 5.46. The number of benzene rings is 1. The quantitative estimate of drug-likeness (QED) is 0.786. The molecule has 6 heteroatoms. The van der Waals surface area contributed by atoms with Gasteiger partial charge in [-0.05, 0) is 28.1 Å². The Hall–Kier alpha value is -1.50. The monoisotopic (exact) mass is 337 g/mol. The van der Waals surface area contributed by atoms with Gasteiger partial charge in [-0.25, -0.2) is 0 Å². The van der Waals surface area contributed by atoms with Crippen LogP contribution in [0.2, 0.25) is 0 Å². The van der Waals surface area contributed by atoms with E-state index in [0.717, 1.165) is 10.0 Å². The van der Waals surface area contributed by atoms with Crippen molar-refractivity contribution in [1.29, 1.82) is 0 Å². The molecule has 2 aromatic rings. The van der Waals surface area contributed by atoms with Crippen LogP contribution >= 0.6 is 15.9 Å². The second-order valence-electron chi connectivity index (χ2n) is 4.23. The highest BCUT2D eigenvalue weighted by molar-refractivity contribution is 9.10. The second kappa shape index (κ2) is 7.33. The van der Waals surface area contributed by atoms with Crippen LogP contribution in [-0.2, 0) is 6.54 Å². The summed E-state index contributed by atoms with van der Waals surface area (Å²) in [5.74, 6) is 1.00. The fourth-order valence-electron chi connectivity index (χ4n) is 1.81. The number of hydrogen-bond donors (Lipinski definition) is 1. The number of rotatable bonds is 7. The van der Waals surface area contributed by atoms with Gasteiger partial charge in [0.15, 0.2) is 0 Å². The first kappa shape index (κ1) is 14.9. The maximum absolute atomic E-state index is 9.01. The molecule has 0 unspecified atom stereocenters. The Morgan fingerprint density at radius 3 is 2.85 bits per heavy atom. The zero-order chi connectivity index (χ0) is 14.4. The number of aliphatic hydroxyl groups is 1.